The van der Waals surface area contributed by atoms with E-state index in [4.69, 9.17) is 23.5 Å². The number of hydrogen-bond acceptors (Lipinski definition) is 8. The van der Waals surface area contributed by atoms with Gasteiger partial charge in [0.25, 0.3) is 0 Å². The molecule has 3 aliphatic carbocycles. The Balaban J connectivity index is 1.38. The van der Waals surface area contributed by atoms with E-state index in [1.807, 2.05) is 38.1 Å². The van der Waals surface area contributed by atoms with Gasteiger partial charge in [0.05, 0.1) is 39.0 Å². The maximum absolute atomic E-state index is 14.4. The van der Waals surface area contributed by atoms with E-state index in [9.17, 15) is 9.59 Å². The Morgan fingerprint density at radius 1 is 0.904 bits per heavy atom. The minimum absolute atomic E-state index is 0.0117. The molecule has 6 rings (SSSR count). The van der Waals surface area contributed by atoms with Crippen molar-refractivity contribution < 1.29 is 33.1 Å². The third kappa shape index (κ3) is 8.05. The van der Waals surface area contributed by atoms with Crippen LogP contribution in [-0.2, 0) is 25.3 Å². The van der Waals surface area contributed by atoms with E-state index in [1.54, 1.807) is 21.3 Å². The molecule has 0 spiro atoms. The number of benzene rings is 2. The molecule has 0 aromatic heterocycles. The van der Waals surface area contributed by atoms with E-state index < -0.39 is 19.2 Å². The van der Waals surface area contributed by atoms with Crippen LogP contribution < -0.4 is 30.2 Å². The zero-order valence-corrected chi connectivity index (χ0v) is 33.4. The molecule has 2 aromatic carbocycles. The predicted octanol–water partition coefficient (Wildman–Crippen LogP) is 6.80. The lowest BCUT2D eigenvalue weighted by atomic mass is 9.43. The van der Waals surface area contributed by atoms with Crippen LogP contribution in [0.5, 0.6) is 17.2 Å². The van der Waals surface area contributed by atoms with Gasteiger partial charge in [-0.25, -0.2) is 0 Å². The lowest BCUT2D eigenvalue weighted by Crippen LogP contribution is -2.65. The first-order chi connectivity index (χ1) is 24.5. The van der Waals surface area contributed by atoms with Crippen LogP contribution in [0.2, 0.25) is 0 Å². The van der Waals surface area contributed by atoms with Crippen molar-refractivity contribution in [2.75, 3.05) is 26.6 Å². The highest BCUT2D eigenvalue weighted by atomic mass is 16.7. The Morgan fingerprint density at radius 2 is 1.58 bits per heavy atom. The number of methoxy groups -OCH3 is 3. The first kappa shape index (κ1) is 39.8. The standard InChI is InChI=1S/C41H62BN3O7/c1-23(2)16-35(42-51-34-22-28-21-33(40(28,7)8)41(34,9)52-42)44-39(47)36(25(5)6)45-38(46)30(43-29-15-13-14-27(20-29)24(3)4)17-26-18-31(48-10)37(50-12)32(19-26)49-11/h13-15,18-20,23-25,28,30,33-36,43H,16-17,21-22H2,1-12H3,(H,44,47)(H,45,46)/t28-,30?,33-,34-,35-,36?,41-/m0/s1. The van der Waals surface area contributed by atoms with Crippen molar-refractivity contribution >= 4 is 24.6 Å². The molecular formula is C41H62BN3O7. The molecule has 7 atom stereocenters. The summed E-state index contributed by atoms with van der Waals surface area (Å²) in [5, 5.41) is 9.88. The Morgan fingerprint density at radius 3 is 2.13 bits per heavy atom. The summed E-state index contributed by atoms with van der Waals surface area (Å²) in [5.74, 6) is 2.03. The lowest BCUT2D eigenvalue weighted by molar-refractivity contribution is -0.199. The number of anilines is 1. The number of carbonyl (C=O) groups is 2. The number of rotatable bonds is 16. The van der Waals surface area contributed by atoms with Crippen LogP contribution >= 0.6 is 0 Å². The maximum Gasteiger partial charge on any atom is 0.481 e. The van der Waals surface area contributed by atoms with E-state index in [1.165, 1.54) is 0 Å². The average molecular weight is 720 g/mol. The highest BCUT2D eigenvalue weighted by Crippen LogP contribution is 2.65. The molecule has 4 fully saturated rings. The molecule has 3 N–H and O–H groups in total. The molecule has 11 heteroatoms. The van der Waals surface area contributed by atoms with Gasteiger partial charge in [-0.1, -0.05) is 67.5 Å². The van der Waals surface area contributed by atoms with Crippen LogP contribution in [0.15, 0.2) is 36.4 Å². The fourth-order valence-electron chi connectivity index (χ4n) is 8.77. The highest BCUT2D eigenvalue weighted by molar-refractivity contribution is 6.48. The second-order valence-corrected chi connectivity index (χ2v) is 17.0. The summed E-state index contributed by atoms with van der Waals surface area (Å²) in [5.41, 5.74) is 2.60. The molecular weight excluding hydrogens is 657 g/mol. The SMILES string of the molecule is COc1cc(CC(Nc2cccc(C(C)C)c2)C(=O)NC(C(=O)N[C@@H](CC(C)C)B2O[C@H]3C[C@@H]4C[C@@H](C4(C)C)[C@]3(C)O2)C(C)C)cc(OC)c1OC. The molecule has 2 amide bonds. The number of amides is 2. The van der Waals surface area contributed by atoms with Crippen molar-refractivity contribution in [3.05, 3.63) is 47.5 Å². The summed E-state index contributed by atoms with van der Waals surface area (Å²) in [6.45, 7) is 19.3. The molecule has 4 aliphatic rings. The normalized spacial score (nSPS) is 24.8. The van der Waals surface area contributed by atoms with Gasteiger partial charge in [0.15, 0.2) is 11.5 Å². The Labute approximate surface area is 311 Å². The minimum atomic E-state index is -0.792. The molecule has 1 saturated heterocycles. The Bertz CT molecular complexity index is 1560. The molecule has 10 nitrogen and oxygen atoms in total. The van der Waals surface area contributed by atoms with Crippen molar-refractivity contribution in [2.45, 2.75) is 124 Å². The van der Waals surface area contributed by atoms with Crippen molar-refractivity contribution in [1.29, 1.82) is 0 Å². The molecule has 2 unspecified atom stereocenters. The quantitative estimate of drug-likeness (QED) is 0.162. The monoisotopic (exact) mass is 719 g/mol. The highest BCUT2D eigenvalue weighted by Gasteiger charge is 2.68. The summed E-state index contributed by atoms with van der Waals surface area (Å²) in [6.07, 6.45) is 3.12. The third-order valence-corrected chi connectivity index (χ3v) is 12.0. The van der Waals surface area contributed by atoms with Crippen LogP contribution in [-0.4, -0.2) is 70.0 Å². The van der Waals surface area contributed by atoms with Crippen LogP contribution in [0.25, 0.3) is 0 Å². The minimum Gasteiger partial charge on any atom is -0.493 e. The Kier molecular flexibility index (Phi) is 12.2. The van der Waals surface area contributed by atoms with Gasteiger partial charge in [0.2, 0.25) is 17.6 Å². The van der Waals surface area contributed by atoms with Gasteiger partial charge in [-0.05, 0) is 96.6 Å². The van der Waals surface area contributed by atoms with Crippen LogP contribution in [0.1, 0.15) is 98.6 Å². The fourth-order valence-corrected chi connectivity index (χ4v) is 8.77. The molecule has 3 saturated carbocycles. The van der Waals surface area contributed by atoms with Crippen LogP contribution in [0.4, 0.5) is 5.69 Å². The zero-order valence-electron chi connectivity index (χ0n) is 33.4. The summed E-state index contributed by atoms with van der Waals surface area (Å²) in [6, 6.07) is 10.3. The van der Waals surface area contributed by atoms with E-state index >= 15 is 0 Å². The second-order valence-electron chi connectivity index (χ2n) is 17.0. The van der Waals surface area contributed by atoms with E-state index in [-0.39, 0.29) is 40.8 Å². The van der Waals surface area contributed by atoms with Gasteiger partial charge in [-0.15, -0.1) is 0 Å². The number of ether oxygens (including phenoxy) is 3. The molecule has 1 aliphatic heterocycles. The van der Waals surface area contributed by atoms with Gasteiger partial charge in [-0.2, -0.15) is 0 Å². The molecule has 2 aromatic rings. The fraction of sp³-hybridized carbons (Fsp3) is 0.659. The number of carbonyl (C=O) groups excluding carboxylic acids is 2. The third-order valence-electron chi connectivity index (χ3n) is 12.0. The van der Waals surface area contributed by atoms with Gasteiger partial charge in [0, 0.05) is 12.1 Å². The Hall–Kier alpha value is -3.44. The van der Waals surface area contributed by atoms with E-state index in [0.717, 1.165) is 29.7 Å². The van der Waals surface area contributed by atoms with Gasteiger partial charge in [-0.3, -0.25) is 9.59 Å². The summed E-state index contributed by atoms with van der Waals surface area (Å²) < 4.78 is 30.2. The summed E-state index contributed by atoms with van der Waals surface area (Å²) in [7, 11) is 4.14. The largest absolute Gasteiger partial charge is 0.493 e. The molecule has 2 bridgehead atoms. The zero-order chi connectivity index (χ0) is 38.1. The van der Waals surface area contributed by atoms with Crippen molar-refractivity contribution in [2.24, 2.45) is 29.1 Å². The molecule has 52 heavy (non-hydrogen) atoms. The lowest BCUT2D eigenvalue weighted by Gasteiger charge is -2.64. The van der Waals surface area contributed by atoms with Crippen molar-refractivity contribution in [1.82, 2.24) is 10.6 Å². The van der Waals surface area contributed by atoms with Crippen LogP contribution in [0.3, 0.4) is 0 Å². The van der Waals surface area contributed by atoms with Gasteiger partial charge < -0.3 is 39.5 Å². The summed E-state index contributed by atoms with van der Waals surface area (Å²) >= 11 is 0. The molecule has 1 heterocycles. The van der Waals surface area contributed by atoms with E-state index in [0.29, 0.717) is 53.8 Å². The van der Waals surface area contributed by atoms with Gasteiger partial charge in [0.1, 0.15) is 12.1 Å². The second kappa shape index (κ2) is 15.9. The smallest absolute Gasteiger partial charge is 0.481 e. The predicted molar refractivity (Wildman–Crippen MR) is 206 cm³/mol. The first-order valence-electron chi connectivity index (χ1n) is 19.1. The van der Waals surface area contributed by atoms with Gasteiger partial charge >= 0.3 is 7.12 Å². The van der Waals surface area contributed by atoms with Crippen LogP contribution in [0, 0.1) is 29.1 Å². The molecule has 286 valence electrons. The number of nitrogens with one attached hydrogen (secondary N) is 3. The maximum atomic E-state index is 14.4. The van der Waals surface area contributed by atoms with E-state index in [2.05, 4.69) is 76.5 Å². The number of hydrogen-bond donors (Lipinski definition) is 3. The first-order valence-corrected chi connectivity index (χ1v) is 19.1. The van der Waals surface area contributed by atoms with Crippen molar-refractivity contribution in [3.8, 4) is 17.2 Å². The molecule has 0 radical (unpaired) electrons. The van der Waals surface area contributed by atoms with Crippen molar-refractivity contribution in [3.63, 3.8) is 0 Å². The average Bonchev–Trinajstić information content (AvgIpc) is 3.46. The summed E-state index contributed by atoms with van der Waals surface area (Å²) in [4.78, 5) is 28.6. The topological polar surface area (TPSA) is 116 Å².